The van der Waals surface area contributed by atoms with Crippen molar-refractivity contribution < 1.29 is 14.8 Å². The molecule has 0 spiro atoms. The number of rotatable bonds is 6. The van der Waals surface area contributed by atoms with E-state index in [1.54, 1.807) is 6.20 Å². The Kier molecular flexibility index (Phi) is 4.86. The fourth-order valence-electron chi connectivity index (χ4n) is 1.71. The molecular weight excluding hydrogens is 259 g/mol. The first-order valence-electron chi connectivity index (χ1n) is 6.19. The third kappa shape index (κ3) is 4.49. The number of hydrogen-bond acceptors (Lipinski definition) is 5. The van der Waals surface area contributed by atoms with E-state index in [4.69, 9.17) is 10.0 Å². The molecular formula is C12H15BN4O3. The molecule has 7 nitrogen and oxygen atoms in total. The molecule has 1 aromatic carbocycles. The van der Waals surface area contributed by atoms with Crippen molar-refractivity contribution in [3.05, 3.63) is 47.8 Å². The number of hydrogen-bond donors (Lipinski definition) is 3. The van der Waals surface area contributed by atoms with E-state index in [2.05, 4.69) is 15.6 Å². The number of nitrogens with zero attached hydrogens (tertiary/aromatic N) is 3. The van der Waals surface area contributed by atoms with Crippen LogP contribution in [-0.2, 0) is 24.2 Å². The van der Waals surface area contributed by atoms with Crippen molar-refractivity contribution in [1.82, 2.24) is 20.3 Å². The molecule has 2 aromatic rings. The van der Waals surface area contributed by atoms with Crippen molar-refractivity contribution in [2.75, 3.05) is 0 Å². The topological polar surface area (TPSA) is 100 Å². The summed E-state index contributed by atoms with van der Waals surface area (Å²) in [6.45, 7) is 0.257. The van der Waals surface area contributed by atoms with Crippen LogP contribution in [0.3, 0.4) is 0 Å². The Hall–Kier alpha value is -2.19. The van der Waals surface area contributed by atoms with Crippen LogP contribution in [0.25, 0.3) is 0 Å². The smallest absolute Gasteiger partial charge is 0.426 e. The van der Waals surface area contributed by atoms with Crippen LogP contribution in [0.4, 0.5) is 0 Å². The van der Waals surface area contributed by atoms with Gasteiger partial charge in [-0.25, -0.2) is 0 Å². The lowest BCUT2D eigenvalue weighted by Crippen LogP contribution is -2.24. The molecule has 1 aromatic heterocycles. The minimum absolute atomic E-state index is 0.0506. The molecule has 0 aliphatic rings. The van der Waals surface area contributed by atoms with Gasteiger partial charge in [0.25, 0.3) is 0 Å². The summed E-state index contributed by atoms with van der Waals surface area (Å²) < 4.78 is 1.31. The Balaban J connectivity index is 1.80. The van der Waals surface area contributed by atoms with Crippen LogP contribution in [-0.4, -0.2) is 38.1 Å². The molecule has 0 radical (unpaired) electrons. The first-order chi connectivity index (χ1) is 9.63. The van der Waals surface area contributed by atoms with Crippen LogP contribution in [0, 0.1) is 0 Å². The number of aromatic nitrogens is 3. The molecule has 0 atom stereocenters. The van der Waals surface area contributed by atoms with Crippen LogP contribution < -0.4 is 5.32 Å². The van der Waals surface area contributed by atoms with E-state index in [0.717, 1.165) is 5.56 Å². The third-order valence-electron chi connectivity index (χ3n) is 2.61. The van der Waals surface area contributed by atoms with Crippen LogP contribution in [0.15, 0.2) is 36.5 Å². The lowest BCUT2D eigenvalue weighted by Gasteiger charge is -2.02. The zero-order valence-electron chi connectivity index (χ0n) is 10.8. The molecule has 104 valence electrons. The van der Waals surface area contributed by atoms with E-state index >= 15 is 0 Å². The van der Waals surface area contributed by atoms with Crippen molar-refractivity contribution in [3.63, 3.8) is 0 Å². The van der Waals surface area contributed by atoms with E-state index in [9.17, 15) is 4.79 Å². The summed E-state index contributed by atoms with van der Waals surface area (Å²) in [6.07, 6.45) is 1.82. The second-order valence-electron chi connectivity index (χ2n) is 4.35. The quantitative estimate of drug-likeness (QED) is 0.596. The van der Waals surface area contributed by atoms with E-state index in [1.807, 2.05) is 30.3 Å². The Morgan fingerprint density at radius 2 is 2.05 bits per heavy atom. The molecule has 0 unspecified atom stereocenters. The van der Waals surface area contributed by atoms with Gasteiger partial charge in [-0.1, -0.05) is 35.5 Å². The van der Waals surface area contributed by atoms with E-state index in [0.29, 0.717) is 12.1 Å². The molecule has 1 amide bonds. The van der Waals surface area contributed by atoms with Gasteiger partial charge in [0.05, 0.1) is 19.4 Å². The van der Waals surface area contributed by atoms with E-state index in [1.165, 1.54) is 4.68 Å². The number of carbonyl (C=O) groups is 1. The molecule has 0 bridgehead atoms. The maximum absolute atomic E-state index is 11.7. The van der Waals surface area contributed by atoms with Gasteiger partial charge in [0.15, 0.2) is 0 Å². The van der Waals surface area contributed by atoms with Gasteiger partial charge in [-0.05, 0) is 5.56 Å². The number of benzene rings is 1. The third-order valence-corrected chi connectivity index (χ3v) is 2.61. The minimum Gasteiger partial charge on any atom is -0.426 e. The van der Waals surface area contributed by atoms with Crippen molar-refractivity contribution in [2.45, 2.75) is 19.4 Å². The van der Waals surface area contributed by atoms with Gasteiger partial charge < -0.3 is 15.4 Å². The Morgan fingerprint density at radius 1 is 1.30 bits per heavy atom. The average molecular weight is 274 g/mol. The predicted octanol–water partition coefficient (Wildman–Crippen LogP) is -0.851. The molecule has 1 heterocycles. The highest BCUT2D eigenvalue weighted by Gasteiger charge is 2.10. The van der Waals surface area contributed by atoms with Gasteiger partial charge >= 0.3 is 7.12 Å². The number of carbonyl (C=O) groups excluding carboxylic acids is 1. The number of amides is 1. The highest BCUT2D eigenvalue weighted by atomic mass is 16.4. The fourth-order valence-corrected chi connectivity index (χ4v) is 1.71. The van der Waals surface area contributed by atoms with E-state index in [-0.39, 0.29) is 18.9 Å². The zero-order valence-corrected chi connectivity index (χ0v) is 10.8. The molecule has 2 rings (SSSR count). The zero-order chi connectivity index (χ0) is 14.4. The van der Waals surface area contributed by atoms with E-state index < -0.39 is 7.12 Å². The summed E-state index contributed by atoms with van der Waals surface area (Å²) in [5, 5.41) is 27.9. The van der Waals surface area contributed by atoms with Gasteiger partial charge in [0.2, 0.25) is 5.91 Å². The highest BCUT2D eigenvalue weighted by molar-refractivity contribution is 6.39. The van der Waals surface area contributed by atoms with Crippen LogP contribution >= 0.6 is 0 Å². The highest BCUT2D eigenvalue weighted by Crippen LogP contribution is 2.00. The summed E-state index contributed by atoms with van der Waals surface area (Å²) in [7, 11) is -1.47. The molecule has 0 saturated heterocycles. The molecule has 0 saturated carbocycles. The van der Waals surface area contributed by atoms with Gasteiger partial charge in [0, 0.05) is 6.20 Å². The fraction of sp³-hybridized carbons (Fsp3) is 0.250. The maximum Gasteiger partial charge on any atom is 0.474 e. The van der Waals surface area contributed by atoms with Crippen LogP contribution in [0.5, 0.6) is 0 Å². The Bertz CT molecular complexity index is 559. The second-order valence-corrected chi connectivity index (χ2v) is 4.35. The second kappa shape index (κ2) is 6.83. The first-order valence-corrected chi connectivity index (χ1v) is 6.19. The summed E-state index contributed by atoms with van der Waals surface area (Å²) in [4.78, 5) is 11.7. The largest absolute Gasteiger partial charge is 0.474 e. The molecule has 0 aliphatic heterocycles. The van der Waals surface area contributed by atoms with Crippen LogP contribution in [0.1, 0.15) is 11.3 Å². The van der Waals surface area contributed by atoms with Crippen molar-refractivity contribution in [3.8, 4) is 0 Å². The molecule has 8 heteroatoms. The molecule has 3 N–H and O–H groups in total. The summed E-state index contributed by atoms with van der Waals surface area (Å²) in [5.41, 5.74) is 1.50. The van der Waals surface area contributed by atoms with Crippen molar-refractivity contribution in [1.29, 1.82) is 0 Å². The maximum atomic E-state index is 11.7. The minimum atomic E-state index is -1.47. The summed E-state index contributed by atoms with van der Waals surface area (Å²) in [6, 6.07) is 9.44. The predicted molar refractivity (Wildman–Crippen MR) is 72.2 cm³/mol. The van der Waals surface area contributed by atoms with Gasteiger partial charge in [-0.3, -0.25) is 9.48 Å². The first kappa shape index (κ1) is 14.2. The standard InChI is InChI=1S/C12H15BN4O3/c18-12(6-10-4-2-1-3-5-10)14-7-11-8-17(16-15-11)9-13(19)20/h1-5,8,19-20H,6-7,9H2,(H,14,18). The van der Waals surface area contributed by atoms with Gasteiger partial charge in [-0.15, -0.1) is 5.10 Å². The van der Waals surface area contributed by atoms with Gasteiger partial charge in [0.1, 0.15) is 5.69 Å². The molecule has 0 aliphatic carbocycles. The monoisotopic (exact) mass is 274 g/mol. The van der Waals surface area contributed by atoms with Gasteiger partial charge in [-0.2, -0.15) is 0 Å². The number of nitrogens with one attached hydrogen (secondary N) is 1. The lowest BCUT2D eigenvalue weighted by atomic mass is 9.93. The van der Waals surface area contributed by atoms with Crippen molar-refractivity contribution in [2.24, 2.45) is 0 Å². The molecule has 0 fully saturated rings. The lowest BCUT2D eigenvalue weighted by molar-refractivity contribution is -0.120. The average Bonchev–Trinajstić information content (AvgIpc) is 2.84. The summed E-state index contributed by atoms with van der Waals surface area (Å²) >= 11 is 0. The molecule has 20 heavy (non-hydrogen) atoms. The van der Waals surface area contributed by atoms with Crippen molar-refractivity contribution >= 4 is 13.0 Å². The SMILES string of the molecule is O=C(Cc1ccccc1)NCc1cn(CB(O)O)nn1. The Morgan fingerprint density at radius 3 is 2.75 bits per heavy atom. The summed E-state index contributed by atoms with van der Waals surface area (Å²) in [5.74, 6) is -0.104. The van der Waals surface area contributed by atoms with Crippen LogP contribution in [0.2, 0.25) is 0 Å². The Labute approximate surface area is 116 Å². The normalized spacial score (nSPS) is 10.3.